The van der Waals surface area contributed by atoms with Crippen molar-refractivity contribution in [2.45, 2.75) is 38.3 Å². The number of carbonyl (C=O) groups excluding carboxylic acids is 2. The number of likely N-dealkylation sites (tertiary alicyclic amines) is 1. The zero-order valence-corrected chi connectivity index (χ0v) is 14.7. The quantitative estimate of drug-likeness (QED) is 0.906. The molecule has 2 bridgehead atoms. The van der Waals surface area contributed by atoms with Crippen molar-refractivity contribution in [2.75, 3.05) is 26.2 Å². The van der Waals surface area contributed by atoms with Crippen molar-refractivity contribution in [3.63, 3.8) is 0 Å². The first-order valence-corrected chi connectivity index (χ1v) is 9.51. The van der Waals surface area contributed by atoms with Crippen LogP contribution in [0.4, 0.5) is 0 Å². The smallest absolute Gasteiger partial charge is 0.234 e. The van der Waals surface area contributed by atoms with Gasteiger partial charge in [0.1, 0.15) is 0 Å². The molecule has 0 unspecified atom stereocenters. The third kappa shape index (κ3) is 3.71. The molecule has 25 heavy (non-hydrogen) atoms. The number of rotatable bonds is 4. The highest BCUT2D eigenvalue weighted by molar-refractivity contribution is 5.78. The SMILES string of the molecule is O=C(CN1C[C@H]2C[C@H](C1)[C@H]1CCCC(=O)N1C2)NCc1ccccc1. The van der Waals surface area contributed by atoms with E-state index in [2.05, 4.69) is 15.1 Å². The third-order valence-electron chi connectivity index (χ3n) is 5.96. The van der Waals surface area contributed by atoms with Crippen LogP contribution in [0.15, 0.2) is 30.3 Å². The molecule has 1 N–H and O–H groups in total. The van der Waals surface area contributed by atoms with Crippen LogP contribution in [0.5, 0.6) is 0 Å². The molecule has 5 nitrogen and oxygen atoms in total. The number of fused-ring (bicyclic) bond motifs is 4. The summed E-state index contributed by atoms with van der Waals surface area (Å²) in [6, 6.07) is 10.4. The molecule has 3 fully saturated rings. The lowest BCUT2D eigenvalue weighted by molar-refractivity contribution is -0.145. The fraction of sp³-hybridized carbons (Fsp3) is 0.600. The Morgan fingerprint density at radius 3 is 2.84 bits per heavy atom. The maximum atomic E-state index is 12.3. The number of carbonyl (C=O) groups is 2. The molecule has 3 saturated heterocycles. The zero-order valence-electron chi connectivity index (χ0n) is 14.7. The number of hydrogen-bond donors (Lipinski definition) is 1. The standard InChI is InChI=1S/C20H27N3O2/c24-19(21-10-15-5-2-1-3-6-15)14-22-11-16-9-17(13-22)18-7-4-8-20(25)23(18)12-16/h1-3,5-6,16-18H,4,7-14H2,(H,21,24)/t16-,17-,18-/m1/s1. The van der Waals surface area contributed by atoms with Crippen molar-refractivity contribution in [3.8, 4) is 0 Å². The van der Waals surface area contributed by atoms with Crippen molar-refractivity contribution < 1.29 is 9.59 Å². The van der Waals surface area contributed by atoms with Gasteiger partial charge in [-0.2, -0.15) is 0 Å². The number of amides is 2. The first kappa shape index (κ1) is 16.6. The largest absolute Gasteiger partial charge is 0.351 e. The van der Waals surface area contributed by atoms with E-state index in [1.165, 1.54) is 6.42 Å². The second kappa shape index (κ2) is 7.16. The molecule has 134 valence electrons. The molecule has 5 heteroatoms. The van der Waals surface area contributed by atoms with Crippen LogP contribution in [0.2, 0.25) is 0 Å². The zero-order chi connectivity index (χ0) is 17.2. The Bertz CT molecular complexity index is 633. The van der Waals surface area contributed by atoms with E-state index in [9.17, 15) is 9.59 Å². The maximum absolute atomic E-state index is 12.3. The number of nitrogens with zero attached hydrogens (tertiary/aromatic N) is 2. The fourth-order valence-corrected chi connectivity index (χ4v) is 4.90. The van der Waals surface area contributed by atoms with Crippen molar-refractivity contribution in [2.24, 2.45) is 11.8 Å². The van der Waals surface area contributed by atoms with Gasteiger partial charge in [0.2, 0.25) is 11.8 Å². The van der Waals surface area contributed by atoms with Crippen molar-refractivity contribution in [1.82, 2.24) is 15.1 Å². The van der Waals surface area contributed by atoms with Crippen LogP contribution >= 0.6 is 0 Å². The Morgan fingerprint density at radius 1 is 1.16 bits per heavy atom. The van der Waals surface area contributed by atoms with Crippen molar-refractivity contribution in [1.29, 1.82) is 0 Å². The molecular formula is C20H27N3O2. The molecule has 1 aromatic carbocycles. The summed E-state index contributed by atoms with van der Waals surface area (Å²) < 4.78 is 0. The average Bonchev–Trinajstić information content (AvgIpc) is 2.62. The Balaban J connectivity index is 1.31. The van der Waals surface area contributed by atoms with Gasteiger partial charge in [-0.3, -0.25) is 14.5 Å². The van der Waals surface area contributed by atoms with E-state index in [0.29, 0.717) is 36.9 Å². The van der Waals surface area contributed by atoms with Crippen molar-refractivity contribution in [3.05, 3.63) is 35.9 Å². The highest BCUT2D eigenvalue weighted by Crippen LogP contribution is 2.37. The van der Waals surface area contributed by atoms with Crippen LogP contribution in [0, 0.1) is 11.8 Å². The average molecular weight is 341 g/mol. The topological polar surface area (TPSA) is 52.7 Å². The fourth-order valence-electron chi connectivity index (χ4n) is 4.90. The minimum absolute atomic E-state index is 0.0976. The highest BCUT2D eigenvalue weighted by atomic mass is 16.2. The molecule has 4 rings (SSSR count). The molecule has 2 amide bonds. The molecule has 3 heterocycles. The summed E-state index contributed by atoms with van der Waals surface area (Å²) in [5.74, 6) is 1.51. The number of nitrogens with one attached hydrogen (secondary N) is 1. The summed E-state index contributed by atoms with van der Waals surface area (Å²) in [5, 5.41) is 3.03. The number of piperidine rings is 3. The minimum atomic E-state index is 0.0976. The summed E-state index contributed by atoms with van der Waals surface area (Å²) in [6.07, 6.45) is 4.11. The maximum Gasteiger partial charge on any atom is 0.234 e. The van der Waals surface area contributed by atoms with E-state index in [0.717, 1.165) is 44.5 Å². The normalized spacial score (nSPS) is 29.2. The minimum Gasteiger partial charge on any atom is -0.351 e. The molecule has 3 aliphatic heterocycles. The van der Waals surface area contributed by atoms with Gasteiger partial charge >= 0.3 is 0 Å². The predicted octanol–water partition coefficient (Wildman–Crippen LogP) is 1.64. The summed E-state index contributed by atoms with van der Waals surface area (Å²) in [5.41, 5.74) is 1.13. The lowest BCUT2D eigenvalue weighted by Crippen LogP contribution is -2.61. The van der Waals surface area contributed by atoms with E-state index in [1.54, 1.807) is 0 Å². The van der Waals surface area contributed by atoms with Gasteiger partial charge in [0.05, 0.1) is 6.54 Å². The van der Waals surface area contributed by atoms with Gasteiger partial charge < -0.3 is 10.2 Å². The first-order chi connectivity index (χ1) is 12.2. The second-order valence-corrected chi connectivity index (χ2v) is 7.82. The molecule has 1 aromatic rings. The Morgan fingerprint density at radius 2 is 2.00 bits per heavy atom. The van der Waals surface area contributed by atoms with Crippen LogP contribution in [0.3, 0.4) is 0 Å². The Kier molecular flexibility index (Phi) is 4.75. The third-order valence-corrected chi connectivity index (χ3v) is 5.96. The molecule has 0 aromatic heterocycles. The Hall–Kier alpha value is -1.88. The lowest BCUT2D eigenvalue weighted by atomic mass is 9.76. The molecule has 3 aliphatic rings. The van der Waals surface area contributed by atoms with Gasteiger partial charge in [0.25, 0.3) is 0 Å². The van der Waals surface area contributed by atoms with Crippen LogP contribution in [-0.4, -0.2) is 53.8 Å². The van der Waals surface area contributed by atoms with Gasteiger partial charge in [0, 0.05) is 38.6 Å². The molecule has 3 atom stereocenters. The van der Waals surface area contributed by atoms with E-state index < -0.39 is 0 Å². The van der Waals surface area contributed by atoms with Crippen LogP contribution < -0.4 is 5.32 Å². The van der Waals surface area contributed by atoms with Gasteiger partial charge in [-0.15, -0.1) is 0 Å². The Labute approximate surface area is 149 Å². The molecule has 0 radical (unpaired) electrons. The van der Waals surface area contributed by atoms with E-state index in [4.69, 9.17) is 0 Å². The molecule has 0 saturated carbocycles. The summed E-state index contributed by atoms with van der Waals surface area (Å²) in [4.78, 5) is 29.0. The van der Waals surface area contributed by atoms with E-state index >= 15 is 0 Å². The second-order valence-electron chi connectivity index (χ2n) is 7.82. The first-order valence-electron chi connectivity index (χ1n) is 9.51. The summed E-state index contributed by atoms with van der Waals surface area (Å²) >= 11 is 0. The van der Waals surface area contributed by atoms with E-state index in [-0.39, 0.29) is 5.91 Å². The summed E-state index contributed by atoms with van der Waals surface area (Å²) in [7, 11) is 0. The number of benzene rings is 1. The highest BCUT2D eigenvalue weighted by Gasteiger charge is 2.43. The van der Waals surface area contributed by atoms with Crippen molar-refractivity contribution >= 4 is 11.8 Å². The van der Waals surface area contributed by atoms with Crippen LogP contribution in [-0.2, 0) is 16.1 Å². The van der Waals surface area contributed by atoms with E-state index in [1.807, 2.05) is 30.3 Å². The summed E-state index contributed by atoms with van der Waals surface area (Å²) in [6.45, 7) is 3.84. The van der Waals surface area contributed by atoms with Gasteiger partial charge in [-0.25, -0.2) is 0 Å². The lowest BCUT2D eigenvalue weighted by Gasteiger charge is -2.52. The molecule has 0 spiro atoms. The predicted molar refractivity (Wildman–Crippen MR) is 95.7 cm³/mol. The van der Waals surface area contributed by atoms with Crippen LogP contribution in [0.25, 0.3) is 0 Å². The molecular weight excluding hydrogens is 314 g/mol. The van der Waals surface area contributed by atoms with Gasteiger partial charge in [0.15, 0.2) is 0 Å². The van der Waals surface area contributed by atoms with Crippen LogP contribution in [0.1, 0.15) is 31.2 Å². The molecule has 0 aliphatic carbocycles. The monoisotopic (exact) mass is 341 g/mol. The number of hydrogen-bond acceptors (Lipinski definition) is 3. The van der Waals surface area contributed by atoms with Gasteiger partial charge in [-0.1, -0.05) is 30.3 Å². The van der Waals surface area contributed by atoms with Gasteiger partial charge in [-0.05, 0) is 36.7 Å².